The highest BCUT2D eigenvalue weighted by molar-refractivity contribution is 6.15. The molecule has 6 nitrogen and oxygen atoms in total. The van der Waals surface area contributed by atoms with E-state index in [1.807, 2.05) is 23.9 Å². The number of nitrogens with one attached hydrogen (secondary N) is 1. The normalized spacial score (nSPS) is 15.6. The van der Waals surface area contributed by atoms with Crippen molar-refractivity contribution in [3.8, 4) is 0 Å². The second-order valence-corrected chi connectivity index (χ2v) is 5.83. The van der Waals surface area contributed by atoms with Crippen LogP contribution in [0, 0.1) is 6.92 Å². The monoisotopic (exact) mass is 327 g/mol. The van der Waals surface area contributed by atoms with Crippen molar-refractivity contribution in [3.05, 3.63) is 46.0 Å². The van der Waals surface area contributed by atoms with E-state index in [0.717, 1.165) is 23.4 Å². The number of ether oxygens (including phenoxy) is 1. The summed E-state index contributed by atoms with van der Waals surface area (Å²) in [5, 5.41) is 4.23. The van der Waals surface area contributed by atoms with E-state index >= 15 is 0 Å². The van der Waals surface area contributed by atoms with Gasteiger partial charge in [0.05, 0.1) is 12.8 Å². The molecule has 0 unspecified atom stereocenters. The number of aryl methyl sites for hydroxylation is 2. The lowest BCUT2D eigenvalue weighted by Crippen LogP contribution is -2.13. The summed E-state index contributed by atoms with van der Waals surface area (Å²) in [4.78, 5) is 27.9. The highest BCUT2D eigenvalue weighted by atomic mass is 16.5. The predicted octanol–water partition coefficient (Wildman–Crippen LogP) is 2.93. The number of carbonyl (C=O) groups excluding carboxylic acids is 2. The third-order valence-corrected chi connectivity index (χ3v) is 4.29. The number of hydrogen-bond acceptors (Lipinski definition) is 4. The van der Waals surface area contributed by atoms with Crippen LogP contribution < -0.4 is 0 Å². The standard InChI is InChI=1S/C18H21N3O3/c1-4-21-10-12(9-19-21)8-13-6-7-14-15(17(13)22)11(3)16(20-14)18(23)24-5-2/h8-10,20H,4-7H2,1-3H3. The number of ketones is 1. The lowest BCUT2D eigenvalue weighted by atomic mass is 9.88. The van der Waals surface area contributed by atoms with Crippen LogP contribution in [0.4, 0.5) is 0 Å². The number of esters is 1. The molecule has 3 rings (SSSR count). The van der Waals surface area contributed by atoms with Crippen LogP contribution in [-0.4, -0.2) is 33.1 Å². The zero-order chi connectivity index (χ0) is 17.3. The molecule has 1 N–H and O–H groups in total. The molecule has 6 heteroatoms. The van der Waals surface area contributed by atoms with Gasteiger partial charge in [0.2, 0.25) is 0 Å². The van der Waals surface area contributed by atoms with E-state index in [1.54, 1.807) is 20.0 Å². The van der Waals surface area contributed by atoms with Gasteiger partial charge >= 0.3 is 5.97 Å². The Hall–Kier alpha value is -2.63. The van der Waals surface area contributed by atoms with Crippen molar-refractivity contribution in [3.63, 3.8) is 0 Å². The van der Waals surface area contributed by atoms with Crippen molar-refractivity contribution in [1.82, 2.24) is 14.8 Å². The highest BCUT2D eigenvalue weighted by Crippen LogP contribution is 2.30. The molecule has 2 heterocycles. The molecule has 0 aliphatic heterocycles. The van der Waals surface area contributed by atoms with Crippen molar-refractivity contribution >= 4 is 17.8 Å². The van der Waals surface area contributed by atoms with Gasteiger partial charge in [0.15, 0.2) is 5.78 Å². The van der Waals surface area contributed by atoms with Gasteiger partial charge in [-0.25, -0.2) is 4.79 Å². The largest absolute Gasteiger partial charge is 0.461 e. The highest BCUT2D eigenvalue weighted by Gasteiger charge is 2.29. The van der Waals surface area contributed by atoms with Gasteiger partial charge in [0.25, 0.3) is 0 Å². The van der Waals surface area contributed by atoms with Crippen molar-refractivity contribution in [2.24, 2.45) is 0 Å². The molecule has 0 amide bonds. The summed E-state index contributed by atoms with van der Waals surface area (Å²) < 4.78 is 6.88. The molecule has 1 aliphatic rings. The van der Waals surface area contributed by atoms with E-state index in [-0.39, 0.29) is 5.78 Å². The molecule has 0 fully saturated rings. The quantitative estimate of drug-likeness (QED) is 0.692. The first-order valence-electron chi connectivity index (χ1n) is 8.21. The predicted molar refractivity (Wildman–Crippen MR) is 90.0 cm³/mol. The maximum Gasteiger partial charge on any atom is 0.355 e. The minimum absolute atomic E-state index is 0.0233. The van der Waals surface area contributed by atoms with Gasteiger partial charge in [-0.2, -0.15) is 5.10 Å². The van der Waals surface area contributed by atoms with E-state index < -0.39 is 5.97 Å². The molecule has 1 aliphatic carbocycles. The fourth-order valence-corrected chi connectivity index (χ4v) is 3.06. The molecule has 2 aromatic heterocycles. The molecule has 0 aromatic carbocycles. The van der Waals surface area contributed by atoms with Gasteiger partial charge in [0.1, 0.15) is 5.69 Å². The number of H-pyrrole nitrogens is 1. The van der Waals surface area contributed by atoms with Crippen molar-refractivity contribution in [2.45, 2.75) is 40.2 Å². The summed E-state index contributed by atoms with van der Waals surface area (Å²) in [5.74, 6) is -0.434. The van der Waals surface area contributed by atoms with E-state index in [1.165, 1.54) is 0 Å². The van der Waals surface area contributed by atoms with Gasteiger partial charge in [-0.1, -0.05) is 0 Å². The van der Waals surface area contributed by atoms with E-state index in [9.17, 15) is 9.59 Å². The maximum absolute atomic E-state index is 12.8. The molecule has 126 valence electrons. The molecule has 0 bridgehead atoms. The number of hydrogen-bond donors (Lipinski definition) is 1. The van der Waals surface area contributed by atoms with Crippen molar-refractivity contribution < 1.29 is 14.3 Å². The summed E-state index contributed by atoms with van der Waals surface area (Å²) in [6.07, 6.45) is 6.92. The van der Waals surface area contributed by atoms with E-state index in [4.69, 9.17) is 4.74 Å². The van der Waals surface area contributed by atoms with Crippen LogP contribution in [0.2, 0.25) is 0 Å². The van der Waals surface area contributed by atoms with Gasteiger partial charge < -0.3 is 9.72 Å². The van der Waals surface area contributed by atoms with Crippen LogP contribution in [0.5, 0.6) is 0 Å². The number of allylic oxidation sites excluding steroid dienone is 1. The van der Waals surface area contributed by atoms with Crippen LogP contribution in [0.3, 0.4) is 0 Å². The summed E-state index contributed by atoms with van der Waals surface area (Å²) in [5.41, 5.74) is 4.15. The Kier molecular flexibility index (Phi) is 4.38. The molecule has 24 heavy (non-hydrogen) atoms. The molecule has 0 saturated carbocycles. The van der Waals surface area contributed by atoms with E-state index in [0.29, 0.717) is 36.3 Å². The number of nitrogens with zero attached hydrogens (tertiary/aromatic N) is 2. The number of fused-ring (bicyclic) bond motifs is 1. The third-order valence-electron chi connectivity index (χ3n) is 4.29. The average molecular weight is 327 g/mol. The van der Waals surface area contributed by atoms with Crippen LogP contribution in [0.15, 0.2) is 18.0 Å². The molecule has 0 spiro atoms. The number of rotatable bonds is 4. The summed E-state index contributed by atoms with van der Waals surface area (Å²) >= 11 is 0. The first kappa shape index (κ1) is 16.2. The van der Waals surface area contributed by atoms with Crippen LogP contribution in [-0.2, 0) is 17.7 Å². The SMILES string of the molecule is CCOC(=O)c1[nH]c2c(c1C)C(=O)C(=Cc1cnn(CC)c1)CC2. The Labute approximate surface area is 140 Å². The van der Waals surface area contributed by atoms with Gasteiger partial charge in [-0.05, 0) is 45.3 Å². The third kappa shape index (κ3) is 2.79. The average Bonchev–Trinajstić information content (AvgIpc) is 3.15. The zero-order valence-corrected chi connectivity index (χ0v) is 14.2. The molecule has 0 radical (unpaired) electrons. The van der Waals surface area contributed by atoms with E-state index in [2.05, 4.69) is 10.1 Å². The van der Waals surface area contributed by atoms with Gasteiger partial charge in [0, 0.05) is 35.1 Å². The van der Waals surface area contributed by atoms with Crippen LogP contribution in [0.25, 0.3) is 6.08 Å². The topological polar surface area (TPSA) is 77.0 Å². The Morgan fingerprint density at radius 2 is 2.21 bits per heavy atom. The Morgan fingerprint density at radius 3 is 2.88 bits per heavy atom. The second kappa shape index (κ2) is 6.47. The lowest BCUT2D eigenvalue weighted by molar-refractivity contribution is 0.0519. The first-order chi connectivity index (χ1) is 11.5. The molecular weight excluding hydrogens is 306 g/mol. The molecule has 2 aromatic rings. The van der Waals surface area contributed by atoms with Gasteiger partial charge in [-0.3, -0.25) is 9.48 Å². The molecule has 0 atom stereocenters. The van der Waals surface area contributed by atoms with Crippen LogP contribution >= 0.6 is 0 Å². The summed E-state index contributed by atoms with van der Waals surface area (Å²) in [6.45, 7) is 6.67. The van der Waals surface area contributed by atoms with Gasteiger partial charge in [-0.15, -0.1) is 0 Å². The zero-order valence-electron chi connectivity index (χ0n) is 14.2. The molecular formula is C18H21N3O3. The summed E-state index contributed by atoms with van der Waals surface area (Å²) in [7, 11) is 0. The lowest BCUT2D eigenvalue weighted by Gasteiger charge is -2.14. The fourth-order valence-electron chi connectivity index (χ4n) is 3.06. The first-order valence-corrected chi connectivity index (χ1v) is 8.21. The minimum Gasteiger partial charge on any atom is -0.461 e. The van der Waals surface area contributed by atoms with Crippen molar-refractivity contribution in [2.75, 3.05) is 6.61 Å². The summed E-state index contributed by atoms with van der Waals surface area (Å²) in [6, 6.07) is 0. The number of carbonyl (C=O) groups is 2. The van der Waals surface area contributed by atoms with Crippen LogP contribution in [0.1, 0.15) is 57.9 Å². The Morgan fingerprint density at radius 1 is 1.42 bits per heavy atom. The number of aromatic nitrogens is 3. The van der Waals surface area contributed by atoms with Crippen molar-refractivity contribution in [1.29, 1.82) is 0 Å². The number of Topliss-reactive ketones (excluding diaryl/α,β-unsaturated/α-hetero) is 1. The Bertz CT molecular complexity index is 827. The Balaban J connectivity index is 1.94. The minimum atomic E-state index is -0.410. The number of aromatic amines is 1. The maximum atomic E-state index is 12.8. The fraction of sp³-hybridized carbons (Fsp3) is 0.389. The second-order valence-electron chi connectivity index (χ2n) is 5.83. The molecule has 0 saturated heterocycles. The smallest absolute Gasteiger partial charge is 0.355 e.